The van der Waals surface area contributed by atoms with Crippen molar-refractivity contribution in [2.45, 2.75) is 70.9 Å². The summed E-state index contributed by atoms with van der Waals surface area (Å²) in [4.78, 5) is 4.74. The molecule has 0 amide bonds. The van der Waals surface area contributed by atoms with E-state index < -0.39 is 0 Å². The first-order valence-corrected chi connectivity index (χ1v) is 10.1. The highest BCUT2D eigenvalue weighted by atomic mass is 15.0. The summed E-state index contributed by atoms with van der Waals surface area (Å²) in [6.45, 7) is 5.23. The zero-order valence-corrected chi connectivity index (χ0v) is 16.1. The summed E-state index contributed by atoms with van der Waals surface area (Å²) < 4.78 is 0. The first-order valence-electron chi connectivity index (χ1n) is 10.1. The highest BCUT2D eigenvalue weighted by Gasteiger charge is 2.16. The van der Waals surface area contributed by atoms with Gasteiger partial charge in [0.05, 0.1) is 5.52 Å². The van der Waals surface area contributed by atoms with Gasteiger partial charge in [0, 0.05) is 35.8 Å². The molecule has 3 rings (SSSR count). The molecule has 1 aliphatic carbocycles. The van der Waals surface area contributed by atoms with Crippen LogP contribution in [-0.4, -0.2) is 29.8 Å². The van der Waals surface area contributed by atoms with Gasteiger partial charge in [-0.05, 0) is 50.8 Å². The average Bonchev–Trinajstić information content (AvgIpc) is 2.67. The van der Waals surface area contributed by atoms with Crippen molar-refractivity contribution in [1.82, 2.24) is 10.3 Å². The largest absolute Gasteiger partial charge is 0.369 e. The lowest BCUT2D eigenvalue weighted by molar-refractivity contribution is 0.325. The van der Waals surface area contributed by atoms with Gasteiger partial charge in [-0.1, -0.05) is 37.8 Å². The number of hydrogen-bond acceptors (Lipinski definition) is 4. The Morgan fingerprint density at radius 3 is 2.77 bits per heavy atom. The molecule has 1 unspecified atom stereocenters. The Balaban J connectivity index is 1.60. The van der Waals surface area contributed by atoms with E-state index in [1.807, 2.05) is 0 Å². The standard InChI is InChI=1S/C22H32N4/c1-3-19(25-20-7-5-4-6-8-20)11-12-24-22-18(15-23)14-17-13-16(2)9-10-21(17)26-22/h9-10,13-15,19-20,23,25H,3-8,11-12H2,1-2H3,(H,24,26). The van der Waals surface area contributed by atoms with Crippen LogP contribution in [0.2, 0.25) is 0 Å². The molecule has 0 saturated heterocycles. The van der Waals surface area contributed by atoms with Gasteiger partial charge in [0.1, 0.15) is 5.82 Å². The van der Waals surface area contributed by atoms with Crippen LogP contribution in [0.3, 0.4) is 0 Å². The number of nitrogens with zero attached hydrogens (tertiary/aromatic N) is 1. The van der Waals surface area contributed by atoms with Gasteiger partial charge >= 0.3 is 0 Å². The van der Waals surface area contributed by atoms with Crippen molar-refractivity contribution in [3.05, 3.63) is 35.4 Å². The van der Waals surface area contributed by atoms with E-state index in [4.69, 9.17) is 10.4 Å². The zero-order valence-electron chi connectivity index (χ0n) is 16.1. The van der Waals surface area contributed by atoms with Gasteiger partial charge in [-0.25, -0.2) is 4.98 Å². The van der Waals surface area contributed by atoms with E-state index in [2.05, 4.69) is 48.7 Å². The predicted molar refractivity (Wildman–Crippen MR) is 112 cm³/mol. The molecule has 1 atom stereocenters. The SMILES string of the molecule is CCC(CCNc1nc2ccc(C)cc2cc1C=N)NC1CCCCC1. The number of pyridine rings is 1. The van der Waals surface area contributed by atoms with E-state index in [0.29, 0.717) is 12.1 Å². The number of rotatable bonds is 8. The maximum absolute atomic E-state index is 7.72. The van der Waals surface area contributed by atoms with E-state index in [-0.39, 0.29) is 0 Å². The predicted octanol–water partition coefficient (Wildman–Crippen LogP) is 5.04. The molecule has 0 bridgehead atoms. The van der Waals surface area contributed by atoms with Crippen LogP contribution < -0.4 is 10.6 Å². The molecule has 140 valence electrons. The van der Waals surface area contributed by atoms with Crippen LogP contribution >= 0.6 is 0 Å². The van der Waals surface area contributed by atoms with Gasteiger partial charge in [-0.2, -0.15) is 0 Å². The second kappa shape index (κ2) is 9.13. The molecular formula is C22H32N4. The monoisotopic (exact) mass is 352 g/mol. The van der Waals surface area contributed by atoms with E-state index >= 15 is 0 Å². The van der Waals surface area contributed by atoms with Gasteiger partial charge < -0.3 is 16.0 Å². The van der Waals surface area contributed by atoms with Gasteiger partial charge in [0.25, 0.3) is 0 Å². The molecule has 4 nitrogen and oxygen atoms in total. The molecule has 1 aliphatic rings. The molecule has 1 aromatic carbocycles. The highest BCUT2D eigenvalue weighted by molar-refractivity contribution is 5.92. The third-order valence-corrected chi connectivity index (χ3v) is 5.51. The number of aryl methyl sites for hydroxylation is 1. The molecule has 1 fully saturated rings. The second-order valence-electron chi connectivity index (χ2n) is 7.59. The third-order valence-electron chi connectivity index (χ3n) is 5.51. The summed E-state index contributed by atoms with van der Waals surface area (Å²) >= 11 is 0. The fraction of sp³-hybridized carbons (Fsp3) is 0.545. The highest BCUT2D eigenvalue weighted by Crippen LogP contribution is 2.21. The van der Waals surface area contributed by atoms with E-state index in [0.717, 1.165) is 41.7 Å². The lowest BCUT2D eigenvalue weighted by Gasteiger charge is -2.28. The minimum Gasteiger partial charge on any atom is -0.369 e. The van der Waals surface area contributed by atoms with Crippen molar-refractivity contribution in [3.63, 3.8) is 0 Å². The maximum atomic E-state index is 7.72. The summed E-state index contributed by atoms with van der Waals surface area (Å²) in [5, 5.41) is 16.1. The van der Waals surface area contributed by atoms with Crippen molar-refractivity contribution in [1.29, 1.82) is 5.41 Å². The summed E-state index contributed by atoms with van der Waals surface area (Å²) in [5.41, 5.74) is 3.06. The smallest absolute Gasteiger partial charge is 0.135 e. The number of nitrogens with one attached hydrogen (secondary N) is 3. The van der Waals surface area contributed by atoms with Crippen molar-refractivity contribution in [2.75, 3.05) is 11.9 Å². The lowest BCUT2D eigenvalue weighted by atomic mass is 9.94. The number of aromatic nitrogens is 1. The minimum atomic E-state index is 0.553. The topological polar surface area (TPSA) is 60.8 Å². The van der Waals surface area contributed by atoms with E-state index in [1.165, 1.54) is 43.9 Å². The molecule has 1 aromatic heterocycles. The number of hydrogen-bond donors (Lipinski definition) is 3. The van der Waals surface area contributed by atoms with Gasteiger partial charge in [0.2, 0.25) is 0 Å². The lowest BCUT2D eigenvalue weighted by Crippen LogP contribution is -2.40. The molecule has 26 heavy (non-hydrogen) atoms. The van der Waals surface area contributed by atoms with Crippen molar-refractivity contribution < 1.29 is 0 Å². The molecule has 0 radical (unpaired) electrons. The van der Waals surface area contributed by atoms with Gasteiger partial charge in [-0.15, -0.1) is 0 Å². The molecule has 1 saturated carbocycles. The summed E-state index contributed by atoms with van der Waals surface area (Å²) in [6.07, 6.45) is 10.4. The number of anilines is 1. The minimum absolute atomic E-state index is 0.553. The average molecular weight is 353 g/mol. The van der Waals surface area contributed by atoms with Crippen molar-refractivity contribution >= 4 is 22.9 Å². The Morgan fingerprint density at radius 2 is 2.04 bits per heavy atom. The molecule has 3 N–H and O–H groups in total. The van der Waals surface area contributed by atoms with Crippen LogP contribution in [0.15, 0.2) is 24.3 Å². The maximum Gasteiger partial charge on any atom is 0.135 e. The summed E-state index contributed by atoms with van der Waals surface area (Å²) in [5.74, 6) is 0.823. The number of fused-ring (bicyclic) bond motifs is 1. The fourth-order valence-electron chi connectivity index (χ4n) is 3.94. The number of benzene rings is 1. The van der Waals surface area contributed by atoms with Crippen LogP contribution in [0.4, 0.5) is 5.82 Å². The summed E-state index contributed by atoms with van der Waals surface area (Å²) in [6, 6.07) is 9.58. The van der Waals surface area contributed by atoms with Crippen molar-refractivity contribution in [3.8, 4) is 0 Å². The first-order chi connectivity index (χ1) is 12.7. The van der Waals surface area contributed by atoms with E-state index in [9.17, 15) is 0 Å². The van der Waals surface area contributed by atoms with Gasteiger partial charge in [-0.3, -0.25) is 0 Å². The Kier molecular flexibility index (Phi) is 6.62. The van der Waals surface area contributed by atoms with Crippen LogP contribution in [-0.2, 0) is 0 Å². The third kappa shape index (κ3) is 4.82. The van der Waals surface area contributed by atoms with Crippen LogP contribution in [0.5, 0.6) is 0 Å². The van der Waals surface area contributed by atoms with Crippen LogP contribution in [0.25, 0.3) is 10.9 Å². The molecule has 0 spiro atoms. The Labute approximate surface area is 157 Å². The zero-order chi connectivity index (χ0) is 18.4. The quantitative estimate of drug-likeness (QED) is 0.583. The fourth-order valence-corrected chi connectivity index (χ4v) is 3.94. The molecular weight excluding hydrogens is 320 g/mol. The summed E-state index contributed by atoms with van der Waals surface area (Å²) in [7, 11) is 0. The second-order valence-corrected chi connectivity index (χ2v) is 7.59. The van der Waals surface area contributed by atoms with Crippen LogP contribution in [0, 0.1) is 12.3 Å². The Hall–Kier alpha value is -1.94. The van der Waals surface area contributed by atoms with E-state index in [1.54, 1.807) is 0 Å². The van der Waals surface area contributed by atoms with Gasteiger partial charge in [0.15, 0.2) is 0 Å². The molecule has 1 heterocycles. The Bertz CT molecular complexity index is 734. The first kappa shape index (κ1) is 18.8. The molecule has 0 aliphatic heterocycles. The van der Waals surface area contributed by atoms with Crippen molar-refractivity contribution in [2.24, 2.45) is 0 Å². The van der Waals surface area contributed by atoms with Crippen LogP contribution in [0.1, 0.15) is 63.0 Å². The molecule has 4 heteroatoms. The Morgan fingerprint density at radius 1 is 1.23 bits per heavy atom. The normalized spacial score (nSPS) is 16.5. The molecule has 2 aromatic rings.